The molecule has 0 fully saturated rings. The number of hydrogen-bond acceptors (Lipinski definition) is 13. The van der Waals surface area contributed by atoms with Crippen LogP contribution < -0.4 is 43.4 Å². The van der Waals surface area contributed by atoms with Crippen LogP contribution in [-0.4, -0.2) is 126 Å². The lowest BCUT2D eigenvalue weighted by molar-refractivity contribution is -0.141. The number of amides is 6. The Labute approximate surface area is 286 Å². The summed E-state index contributed by atoms with van der Waals surface area (Å²) in [7, 11) is 0. The molecule has 0 heterocycles. The summed E-state index contributed by atoms with van der Waals surface area (Å²) >= 11 is 5.32. The number of nitrogens with two attached hydrogens (primary N) is 2. The molecule has 266 valence electrons. The van der Waals surface area contributed by atoms with Gasteiger partial charge in [0.25, 0.3) is 0 Å². The van der Waals surface area contributed by atoms with Crippen LogP contribution in [0.25, 0.3) is 0 Å². The van der Waals surface area contributed by atoms with Crippen LogP contribution in [0.1, 0.15) is 18.4 Å². The zero-order chi connectivity index (χ0) is 36.1. The number of benzene rings is 1. The molecule has 0 aromatic heterocycles. The fourth-order valence-corrected chi connectivity index (χ4v) is 4.99. The van der Waals surface area contributed by atoms with E-state index >= 15 is 0 Å². The maximum absolute atomic E-state index is 13.0. The highest BCUT2D eigenvalue weighted by atomic mass is 32.2. The number of aliphatic carboxylic acids is 1. The third-order valence-corrected chi connectivity index (χ3v) is 7.73. The molecule has 48 heavy (non-hydrogen) atoms. The van der Waals surface area contributed by atoms with Crippen LogP contribution in [-0.2, 0) is 44.8 Å². The Hall–Kier alpha value is -4.40. The first-order valence-electron chi connectivity index (χ1n) is 14.6. The standard InChI is InChI=1S/C28H42N8O10S2/c29-6-1-9-48-15-21(36-25(43)18(30)10-16-2-4-17(38)5-3-16)27(45)33-13-23(40)34-19(11-24(41)42)28(46)35-20(14-47)26(44)32-12-22(39)31-7-8-37/h2-5,8,18-21,38,47H,1,6-7,9-15,29-30H2,(H,31,39)(H,32,44)(H,33,45)(H,34,40)(H,35,46)(H,36,43)(H,41,42)/t18-,19-,20-,21-/m0/s1. The molecule has 1 aromatic carbocycles. The van der Waals surface area contributed by atoms with Gasteiger partial charge in [-0.05, 0) is 42.8 Å². The highest BCUT2D eigenvalue weighted by molar-refractivity contribution is 7.99. The van der Waals surface area contributed by atoms with Gasteiger partial charge in [-0.1, -0.05) is 12.1 Å². The van der Waals surface area contributed by atoms with E-state index < -0.39 is 85.1 Å². The summed E-state index contributed by atoms with van der Waals surface area (Å²) in [6, 6.07) is 0.925. The highest BCUT2D eigenvalue weighted by Crippen LogP contribution is 2.11. The zero-order valence-corrected chi connectivity index (χ0v) is 27.6. The number of carbonyl (C=O) groups excluding carboxylic acids is 7. The van der Waals surface area contributed by atoms with Gasteiger partial charge < -0.3 is 58.4 Å². The maximum atomic E-state index is 13.0. The van der Waals surface area contributed by atoms with E-state index in [1.807, 2.05) is 0 Å². The second kappa shape index (κ2) is 23.0. The number of carbonyl (C=O) groups is 8. The van der Waals surface area contributed by atoms with Gasteiger partial charge in [0, 0.05) is 11.5 Å². The number of hydrogen-bond donors (Lipinski definition) is 11. The van der Waals surface area contributed by atoms with Crippen LogP contribution in [0.15, 0.2) is 24.3 Å². The third-order valence-electron chi connectivity index (χ3n) is 6.21. The topological polar surface area (TPSA) is 301 Å². The molecule has 18 nitrogen and oxygen atoms in total. The molecule has 0 spiro atoms. The minimum absolute atomic E-state index is 0.0440. The molecule has 0 bridgehead atoms. The van der Waals surface area contributed by atoms with E-state index in [4.69, 9.17) is 11.5 Å². The molecule has 1 rings (SSSR count). The lowest BCUT2D eigenvalue weighted by atomic mass is 10.1. The number of aromatic hydroxyl groups is 1. The number of phenols is 1. The Kier molecular flexibility index (Phi) is 20.0. The number of phenolic OH excluding ortho intramolecular Hbond substituents is 1. The van der Waals surface area contributed by atoms with Crippen molar-refractivity contribution in [2.24, 2.45) is 11.5 Å². The summed E-state index contributed by atoms with van der Waals surface area (Å²) in [5.74, 6) is -5.89. The summed E-state index contributed by atoms with van der Waals surface area (Å²) in [6.07, 6.45) is 0.325. The molecule has 20 heteroatoms. The van der Waals surface area contributed by atoms with Crippen molar-refractivity contribution in [1.82, 2.24) is 31.9 Å². The van der Waals surface area contributed by atoms with Crippen molar-refractivity contribution < 1.29 is 48.6 Å². The fourth-order valence-electron chi connectivity index (χ4n) is 3.72. The number of rotatable bonds is 23. The van der Waals surface area contributed by atoms with Gasteiger partial charge >= 0.3 is 5.97 Å². The minimum Gasteiger partial charge on any atom is -0.508 e. The largest absolute Gasteiger partial charge is 0.508 e. The average Bonchev–Trinajstić information content (AvgIpc) is 3.05. The van der Waals surface area contributed by atoms with Crippen molar-refractivity contribution in [3.8, 4) is 5.75 Å². The van der Waals surface area contributed by atoms with Crippen molar-refractivity contribution in [3.05, 3.63) is 29.8 Å². The molecule has 0 radical (unpaired) electrons. The Morgan fingerprint density at radius 1 is 0.833 bits per heavy atom. The summed E-state index contributed by atoms with van der Waals surface area (Å²) in [5, 5.41) is 32.5. The predicted octanol–water partition coefficient (Wildman–Crippen LogP) is -4.25. The molecule has 6 amide bonds. The Morgan fingerprint density at radius 3 is 2.02 bits per heavy atom. The van der Waals surface area contributed by atoms with Gasteiger partial charge in [-0.2, -0.15) is 24.4 Å². The van der Waals surface area contributed by atoms with Gasteiger partial charge in [0.15, 0.2) is 0 Å². The van der Waals surface area contributed by atoms with E-state index in [0.717, 1.165) is 0 Å². The number of nitrogens with one attached hydrogen (secondary N) is 6. The third kappa shape index (κ3) is 17.0. The normalized spacial score (nSPS) is 13.1. The predicted molar refractivity (Wildman–Crippen MR) is 178 cm³/mol. The molecule has 1 aromatic rings. The van der Waals surface area contributed by atoms with E-state index in [2.05, 4.69) is 44.5 Å². The van der Waals surface area contributed by atoms with Crippen molar-refractivity contribution >= 4 is 72.1 Å². The Balaban J connectivity index is 2.82. The van der Waals surface area contributed by atoms with Crippen LogP contribution in [0.3, 0.4) is 0 Å². The van der Waals surface area contributed by atoms with E-state index in [0.29, 0.717) is 30.6 Å². The molecular formula is C28H42N8O10S2. The van der Waals surface area contributed by atoms with Crippen molar-refractivity contribution in [2.75, 3.05) is 43.4 Å². The van der Waals surface area contributed by atoms with E-state index in [1.165, 1.54) is 23.9 Å². The second-order valence-corrected chi connectivity index (χ2v) is 11.6. The summed E-state index contributed by atoms with van der Waals surface area (Å²) in [5.41, 5.74) is 12.2. The van der Waals surface area contributed by atoms with E-state index in [1.54, 1.807) is 12.1 Å². The summed E-state index contributed by atoms with van der Waals surface area (Å²) in [6.45, 7) is -1.07. The fraction of sp³-hybridized carbons (Fsp3) is 0.500. The van der Waals surface area contributed by atoms with Crippen LogP contribution in [0.5, 0.6) is 5.75 Å². The summed E-state index contributed by atoms with van der Waals surface area (Å²) in [4.78, 5) is 97.1. The number of thioether (sulfide) groups is 1. The number of carboxylic acid groups (broad SMARTS) is 1. The molecule has 4 atom stereocenters. The van der Waals surface area contributed by atoms with Gasteiger partial charge in [0.05, 0.1) is 32.1 Å². The van der Waals surface area contributed by atoms with Gasteiger partial charge in [-0.25, -0.2) is 0 Å². The van der Waals surface area contributed by atoms with Gasteiger partial charge in [-0.15, -0.1) is 0 Å². The van der Waals surface area contributed by atoms with Crippen molar-refractivity contribution in [3.63, 3.8) is 0 Å². The summed E-state index contributed by atoms with van der Waals surface area (Å²) < 4.78 is 0. The van der Waals surface area contributed by atoms with Crippen LogP contribution in [0, 0.1) is 0 Å². The maximum Gasteiger partial charge on any atom is 0.305 e. The molecule has 0 aliphatic rings. The van der Waals surface area contributed by atoms with Gasteiger partial charge in [-0.3, -0.25) is 33.6 Å². The molecule has 0 unspecified atom stereocenters. The lowest BCUT2D eigenvalue weighted by Crippen LogP contribution is -2.57. The molecule has 0 aliphatic carbocycles. The van der Waals surface area contributed by atoms with Gasteiger partial charge in [0.2, 0.25) is 35.4 Å². The van der Waals surface area contributed by atoms with Crippen molar-refractivity contribution in [1.29, 1.82) is 0 Å². The van der Waals surface area contributed by atoms with Gasteiger partial charge in [0.1, 0.15) is 30.2 Å². The molecular weight excluding hydrogens is 672 g/mol. The number of thiol groups is 1. The first kappa shape index (κ1) is 41.6. The Morgan fingerprint density at radius 2 is 1.44 bits per heavy atom. The molecule has 0 saturated heterocycles. The first-order valence-corrected chi connectivity index (χ1v) is 16.4. The SMILES string of the molecule is NCCCSC[C@H](NC(=O)[C@@H](N)Cc1ccc(O)cc1)C(=O)NCC(=O)N[C@@H](CC(=O)O)C(=O)N[C@@H](CS)C(=O)NCC(=O)NCC=O. The molecule has 0 saturated carbocycles. The first-order chi connectivity index (χ1) is 22.8. The second-order valence-electron chi connectivity index (χ2n) is 10.1. The molecule has 0 aliphatic heterocycles. The number of carboxylic acids is 1. The van der Waals surface area contributed by atoms with E-state index in [9.17, 15) is 48.6 Å². The van der Waals surface area contributed by atoms with Crippen LogP contribution in [0.4, 0.5) is 0 Å². The minimum atomic E-state index is -1.67. The average molecular weight is 715 g/mol. The number of aldehydes is 1. The quantitative estimate of drug-likeness (QED) is 0.0291. The van der Waals surface area contributed by atoms with Crippen molar-refractivity contribution in [2.45, 2.75) is 43.4 Å². The van der Waals surface area contributed by atoms with Crippen LogP contribution in [0.2, 0.25) is 0 Å². The Bertz CT molecular complexity index is 1270. The lowest BCUT2D eigenvalue weighted by Gasteiger charge is -2.22. The van der Waals surface area contributed by atoms with Crippen LogP contribution >= 0.6 is 24.4 Å². The highest BCUT2D eigenvalue weighted by Gasteiger charge is 2.29. The smallest absolute Gasteiger partial charge is 0.305 e. The monoisotopic (exact) mass is 714 g/mol. The zero-order valence-electron chi connectivity index (χ0n) is 25.9. The van der Waals surface area contributed by atoms with E-state index in [-0.39, 0.29) is 30.2 Å². The molecule has 12 N–H and O–H groups in total.